The van der Waals surface area contributed by atoms with Crippen LogP contribution in [0.4, 0.5) is 4.79 Å². The quantitative estimate of drug-likeness (QED) is 0.398. The fraction of sp³-hybridized carbons (Fsp3) is 0.320. The first-order valence-corrected chi connectivity index (χ1v) is 11.0. The molecule has 2 heterocycles. The summed E-state index contributed by atoms with van der Waals surface area (Å²) in [7, 11) is 0. The van der Waals surface area contributed by atoms with Crippen LogP contribution < -0.4 is 10.6 Å². The molecular formula is C25H26N4O. The van der Waals surface area contributed by atoms with E-state index in [1.165, 1.54) is 44.3 Å². The number of aromatic nitrogens is 2. The molecule has 0 unspecified atom stereocenters. The number of rotatable bonds is 2. The minimum absolute atomic E-state index is 0.0309. The molecule has 2 atom stereocenters. The number of nitrogens with one attached hydrogen (secondary N) is 4. The lowest BCUT2D eigenvalue weighted by Gasteiger charge is -2.27. The molecule has 0 saturated heterocycles. The third-order valence-electron chi connectivity index (χ3n) is 6.86. The Labute approximate surface area is 175 Å². The van der Waals surface area contributed by atoms with E-state index in [-0.39, 0.29) is 18.1 Å². The van der Waals surface area contributed by atoms with E-state index in [9.17, 15) is 4.79 Å². The zero-order chi connectivity index (χ0) is 20.1. The van der Waals surface area contributed by atoms with Crippen molar-refractivity contribution < 1.29 is 4.79 Å². The highest BCUT2D eigenvalue weighted by Gasteiger charge is 2.26. The number of para-hydroxylation sites is 2. The molecule has 0 fully saturated rings. The third-order valence-corrected chi connectivity index (χ3v) is 6.86. The van der Waals surface area contributed by atoms with Crippen LogP contribution in [0.15, 0.2) is 48.5 Å². The Bertz CT molecular complexity index is 1150. The first-order chi connectivity index (χ1) is 14.7. The predicted octanol–water partition coefficient (Wildman–Crippen LogP) is 4.36. The fourth-order valence-corrected chi connectivity index (χ4v) is 5.40. The molecule has 0 spiro atoms. The molecule has 2 aromatic carbocycles. The lowest BCUT2D eigenvalue weighted by atomic mass is 9.91. The lowest BCUT2D eigenvalue weighted by Crippen LogP contribution is -2.49. The Morgan fingerprint density at radius 1 is 0.733 bits per heavy atom. The second-order valence-corrected chi connectivity index (χ2v) is 8.75. The molecule has 2 aliphatic rings. The van der Waals surface area contributed by atoms with Gasteiger partial charge in [-0.05, 0) is 61.8 Å². The van der Waals surface area contributed by atoms with Crippen molar-refractivity contribution >= 4 is 27.8 Å². The standard InChI is InChI=1S/C25H26N4O/c30-25(26-15-9-11-23-19(13-15)17-5-1-3-7-21(17)28-23)27-16-10-12-24-20(14-16)18-6-2-4-8-22(18)29-24/h1-8,15-16,28-29H,9-14H2,(H2,26,27,30)/t15-,16-/m1/s1. The summed E-state index contributed by atoms with van der Waals surface area (Å²) in [6.45, 7) is 0. The van der Waals surface area contributed by atoms with E-state index >= 15 is 0 Å². The molecule has 152 valence electrons. The van der Waals surface area contributed by atoms with Gasteiger partial charge in [-0.3, -0.25) is 0 Å². The van der Waals surface area contributed by atoms with E-state index in [2.05, 4.69) is 69.1 Å². The van der Waals surface area contributed by atoms with E-state index in [4.69, 9.17) is 0 Å². The topological polar surface area (TPSA) is 72.7 Å². The van der Waals surface area contributed by atoms with Gasteiger partial charge < -0.3 is 20.6 Å². The molecular weight excluding hydrogens is 372 g/mol. The van der Waals surface area contributed by atoms with E-state index in [0.717, 1.165) is 38.5 Å². The second kappa shape index (κ2) is 6.94. The van der Waals surface area contributed by atoms with Crippen molar-refractivity contribution in [3.63, 3.8) is 0 Å². The molecule has 5 heteroatoms. The minimum atomic E-state index is -0.0309. The molecule has 4 N–H and O–H groups in total. The highest BCUT2D eigenvalue weighted by Crippen LogP contribution is 2.30. The van der Waals surface area contributed by atoms with E-state index in [0.29, 0.717) is 0 Å². The third kappa shape index (κ3) is 2.96. The number of H-pyrrole nitrogens is 2. The van der Waals surface area contributed by atoms with Gasteiger partial charge in [-0.15, -0.1) is 0 Å². The van der Waals surface area contributed by atoms with Gasteiger partial charge in [0.2, 0.25) is 0 Å². The van der Waals surface area contributed by atoms with Gasteiger partial charge in [0.15, 0.2) is 0 Å². The van der Waals surface area contributed by atoms with Gasteiger partial charge in [0.1, 0.15) is 0 Å². The van der Waals surface area contributed by atoms with Gasteiger partial charge in [0.25, 0.3) is 0 Å². The number of benzene rings is 2. The number of amides is 2. The van der Waals surface area contributed by atoms with Gasteiger partial charge in [-0.1, -0.05) is 36.4 Å². The normalized spacial score (nSPS) is 20.7. The largest absolute Gasteiger partial charge is 0.358 e. The van der Waals surface area contributed by atoms with Crippen LogP contribution in [-0.4, -0.2) is 28.1 Å². The summed E-state index contributed by atoms with van der Waals surface area (Å²) >= 11 is 0. The van der Waals surface area contributed by atoms with E-state index in [1.54, 1.807) is 0 Å². The maximum atomic E-state index is 12.8. The highest BCUT2D eigenvalue weighted by atomic mass is 16.2. The molecule has 0 aliphatic heterocycles. The molecule has 5 nitrogen and oxygen atoms in total. The fourth-order valence-electron chi connectivity index (χ4n) is 5.40. The molecule has 0 bridgehead atoms. The van der Waals surface area contributed by atoms with Crippen LogP contribution in [0.25, 0.3) is 21.8 Å². The second-order valence-electron chi connectivity index (χ2n) is 8.75. The highest BCUT2D eigenvalue weighted by molar-refractivity contribution is 5.86. The SMILES string of the molecule is O=C(N[C@@H]1CCc2[nH]c3ccccc3c2C1)N[C@@H]1CCc2[nH]c3ccccc3c2C1. The Balaban J connectivity index is 1.13. The lowest BCUT2D eigenvalue weighted by molar-refractivity contribution is 0.230. The van der Waals surface area contributed by atoms with E-state index < -0.39 is 0 Å². The van der Waals surface area contributed by atoms with Crippen LogP contribution >= 0.6 is 0 Å². The van der Waals surface area contributed by atoms with Crippen LogP contribution in [0, 0.1) is 0 Å². The van der Waals surface area contributed by atoms with Gasteiger partial charge in [0.05, 0.1) is 0 Å². The van der Waals surface area contributed by atoms with Crippen LogP contribution in [0.2, 0.25) is 0 Å². The van der Waals surface area contributed by atoms with Crippen molar-refractivity contribution in [3.8, 4) is 0 Å². The number of fused-ring (bicyclic) bond motifs is 6. The molecule has 4 aromatic rings. The Hall–Kier alpha value is -3.21. The predicted molar refractivity (Wildman–Crippen MR) is 120 cm³/mol. The first-order valence-electron chi connectivity index (χ1n) is 11.0. The number of carbonyl (C=O) groups is 1. The number of hydrogen-bond donors (Lipinski definition) is 4. The summed E-state index contributed by atoms with van der Waals surface area (Å²) in [6.07, 6.45) is 5.71. The van der Waals surface area contributed by atoms with Crippen molar-refractivity contribution in [3.05, 3.63) is 71.0 Å². The van der Waals surface area contributed by atoms with Crippen LogP contribution in [-0.2, 0) is 25.7 Å². The van der Waals surface area contributed by atoms with Crippen LogP contribution in [0.3, 0.4) is 0 Å². The summed E-state index contributed by atoms with van der Waals surface area (Å²) in [5.41, 5.74) is 7.78. The number of aromatic amines is 2. The van der Waals surface area contributed by atoms with Crippen molar-refractivity contribution in [1.29, 1.82) is 0 Å². The number of hydrogen-bond acceptors (Lipinski definition) is 1. The van der Waals surface area contributed by atoms with Gasteiger partial charge in [-0.25, -0.2) is 4.79 Å². The summed E-state index contributed by atoms with van der Waals surface area (Å²) in [5, 5.41) is 9.07. The van der Waals surface area contributed by atoms with Crippen molar-refractivity contribution in [2.45, 2.75) is 50.6 Å². The summed E-state index contributed by atoms with van der Waals surface area (Å²) in [6, 6.07) is 17.2. The van der Waals surface area contributed by atoms with Gasteiger partial charge >= 0.3 is 6.03 Å². The zero-order valence-electron chi connectivity index (χ0n) is 16.9. The number of urea groups is 1. The first kappa shape index (κ1) is 17.6. The molecule has 2 aromatic heterocycles. The van der Waals surface area contributed by atoms with Gasteiger partial charge in [-0.2, -0.15) is 0 Å². The average Bonchev–Trinajstić information content (AvgIpc) is 3.31. The Morgan fingerprint density at radius 3 is 1.70 bits per heavy atom. The Morgan fingerprint density at radius 2 is 1.20 bits per heavy atom. The van der Waals surface area contributed by atoms with Crippen molar-refractivity contribution in [1.82, 2.24) is 20.6 Å². The van der Waals surface area contributed by atoms with Crippen molar-refractivity contribution in [2.75, 3.05) is 0 Å². The van der Waals surface area contributed by atoms with Gasteiger partial charge in [0, 0.05) is 45.3 Å². The zero-order valence-corrected chi connectivity index (χ0v) is 16.9. The Kier molecular flexibility index (Phi) is 4.08. The molecule has 0 radical (unpaired) electrons. The average molecular weight is 399 g/mol. The summed E-state index contributed by atoms with van der Waals surface area (Å²) in [4.78, 5) is 19.9. The molecule has 2 aliphatic carbocycles. The smallest absolute Gasteiger partial charge is 0.315 e. The number of carbonyl (C=O) groups excluding carboxylic acids is 1. The maximum absolute atomic E-state index is 12.8. The monoisotopic (exact) mass is 398 g/mol. The molecule has 0 saturated carbocycles. The molecule has 6 rings (SSSR count). The summed E-state index contributed by atoms with van der Waals surface area (Å²) < 4.78 is 0. The maximum Gasteiger partial charge on any atom is 0.315 e. The van der Waals surface area contributed by atoms with Crippen molar-refractivity contribution in [2.24, 2.45) is 0 Å². The molecule has 2 amide bonds. The van der Waals surface area contributed by atoms with E-state index in [1.807, 2.05) is 0 Å². The number of aryl methyl sites for hydroxylation is 2. The molecule has 30 heavy (non-hydrogen) atoms. The van der Waals surface area contributed by atoms with Crippen LogP contribution in [0.1, 0.15) is 35.4 Å². The summed E-state index contributed by atoms with van der Waals surface area (Å²) in [5.74, 6) is 0. The minimum Gasteiger partial charge on any atom is -0.358 e. The van der Waals surface area contributed by atoms with Crippen LogP contribution in [0.5, 0.6) is 0 Å².